The summed E-state index contributed by atoms with van der Waals surface area (Å²) in [6, 6.07) is 0. The van der Waals surface area contributed by atoms with Gasteiger partial charge in [0.15, 0.2) is 0 Å². The zero-order valence-electron chi connectivity index (χ0n) is 13.9. The third-order valence-corrected chi connectivity index (χ3v) is 6.21. The highest BCUT2D eigenvalue weighted by molar-refractivity contribution is 5.84. The van der Waals surface area contributed by atoms with E-state index in [4.69, 9.17) is 9.47 Å². The van der Waals surface area contributed by atoms with Crippen molar-refractivity contribution in [3.63, 3.8) is 0 Å². The van der Waals surface area contributed by atoms with Crippen molar-refractivity contribution in [1.82, 2.24) is 5.32 Å². The van der Waals surface area contributed by atoms with Gasteiger partial charge in [0, 0.05) is 12.0 Å². The molecule has 2 N–H and O–H groups in total. The molecule has 4 aliphatic rings. The number of fused-ring (bicyclic) bond motifs is 3. The Morgan fingerprint density at radius 2 is 1.65 bits per heavy atom. The highest BCUT2D eigenvalue weighted by Gasteiger charge is 2.55. The predicted octanol–water partition coefficient (Wildman–Crippen LogP) is 1.72. The Morgan fingerprint density at radius 1 is 1.04 bits per heavy atom. The average Bonchev–Trinajstić information content (AvgIpc) is 2.57. The van der Waals surface area contributed by atoms with Crippen LogP contribution >= 0.6 is 0 Å². The second-order valence-electron chi connectivity index (χ2n) is 7.72. The van der Waals surface area contributed by atoms with Crippen LogP contribution in [0.3, 0.4) is 0 Å². The summed E-state index contributed by atoms with van der Waals surface area (Å²) in [5, 5.41) is 12.5. The van der Waals surface area contributed by atoms with E-state index in [1.54, 1.807) is 0 Å². The Balaban J connectivity index is 1.50. The van der Waals surface area contributed by atoms with E-state index in [0.717, 1.165) is 6.42 Å². The van der Waals surface area contributed by atoms with E-state index in [0.29, 0.717) is 64.9 Å². The van der Waals surface area contributed by atoms with Gasteiger partial charge in [0.25, 0.3) is 0 Å². The first-order valence-electron chi connectivity index (χ1n) is 8.63. The first-order chi connectivity index (χ1) is 10.9. The fourth-order valence-corrected chi connectivity index (χ4v) is 4.30. The molecule has 0 aromatic carbocycles. The third kappa shape index (κ3) is 3.11. The number of nitrogens with one attached hydrogen (secondary N) is 1. The third-order valence-electron chi connectivity index (χ3n) is 6.21. The summed E-state index contributed by atoms with van der Waals surface area (Å²) < 4.78 is 11.2. The smallest absolute Gasteiger partial charge is 0.309 e. The summed E-state index contributed by atoms with van der Waals surface area (Å²) in [7, 11) is 0. The molecule has 1 heterocycles. The molecule has 0 spiro atoms. The van der Waals surface area contributed by atoms with Crippen molar-refractivity contribution in [2.45, 2.75) is 57.5 Å². The molecule has 0 radical (unpaired) electrons. The van der Waals surface area contributed by atoms with E-state index in [-0.39, 0.29) is 16.9 Å². The van der Waals surface area contributed by atoms with E-state index in [2.05, 4.69) is 5.32 Å². The van der Waals surface area contributed by atoms with Gasteiger partial charge in [-0.1, -0.05) is 0 Å². The zero-order valence-corrected chi connectivity index (χ0v) is 13.9. The van der Waals surface area contributed by atoms with Crippen molar-refractivity contribution < 1.29 is 24.2 Å². The van der Waals surface area contributed by atoms with Crippen LogP contribution in [0.1, 0.15) is 51.9 Å². The molecular weight excluding hydrogens is 298 g/mol. The number of carbonyl (C=O) groups is 2. The van der Waals surface area contributed by atoms with Gasteiger partial charge in [-0.25, -0.2) is 0 Å². The van der Waals surface area contributed by atoms with E-state index in [1.807, 2.05) is 6.92 Å². The minimum absolute atomic E-state index is 0.0940. The van der Waals surface area contributed by atoms with Gasteiger partial charge in [0.2, 0.25) is 5.91 Å². The lowest BCUT2D eigenvalue weighted by atomic mass is 9.53. The van der Waals surface area contributed by atoms with Crippen LogP contribution < -0.4 is 5.32 Å². The van der Waals surface area contributed by atoms with E-state index >= 15 is 0 Å². The molecule has 2 bridgehead atoms. The maximum Gasteiger partial charge on any atom is 0.309 e. The normalized spacial score (nSPS) is 39.9. The summed E-state index contributed by atoms with van der Waals surface area (Å²) in [4.78, 5) is 24.1. The fraction of sp³-hybridized carbons (Fsp3) is 0.882. The highest BCUT2D eigenvalue weighted by Crippen LogP contribution is 2.57. The minimum Gasteiger partial charge on any atom is -0.481 e. The molecule has 1 atom stereocenters. The molecule has 4 fully saturated rings. The molecule has 130 valence electrons. The van der Waals surface area contributed by atoms with Gasteiger partial charge in [-0.05, 0) is 51.9 Å². The molecular formula is C17H27NO5. The number of carboxylic acids is 1. The monoisotopic (exact) mass is 325 g/mol. The van der Waals surface area contributed by atoms with Crippen molar-refractivity contribution in [2.75, 3.05) is 26.4 Å². The van der Waals surface area contributed by atoms with Crippen LogP contribution in [0, 0.1) is 10.8 Å². The molecule has 1 saturated heterocycles. The van der Waals surface area contributed by atoms with Crippen LogP contribution in [0.25, 0.3) is 0 Å². The Morgan fingerprint density at radius 3 is 2.17 bits per heavy atom. The largest absolute Gasteiger partial charge is 0.481 e. The second kappa shape index (κ2) is 6.06. The number of hydrogen-bond acceptors (Lipinski definition) is 4. The summed E-state index contributed by atoms with van der Waals surface area (Å²) in [6.07, 6.45) is 4.71. The van der Waals surface area contributed by atoms with Gasteiger partial charge in [0.05, 0.1) is 30.8 Å². The van der Waals surface area contributed by atoms with Crippen LogP contribution in [-0.2, 0) is 19.1 Å². The lowest BCUT2D eigenvalue weighted by molar-refractivity contribution is -0.164. The topological polar surface area (TPSA) is 84.9 Å². The minimum atomic E-state index is -0.686. The number of carbonyl (C=O) groups excluding carboxylic acids is 1. The van der Waals surface area contributed by atoms with E-state index < -0.39 is 11.4 Å². The van der Waals surface area contributed by atoms with Crippen molar-refractivity contribution in [1.29, 1.82) is 0 Å². The molecule has 23 heavy (non-hydrogen) atoms. The molecule has 1 aliphatic heterocycles. The Labute approximate surface area is 136 Å². The Kier molecular flexibility index (Phi) is 4.40. The number of ether oxygens (including phenoxy) is 2. The molecule has 6 nitrogen and oxygen atoms in total. The van der Waals surface area contributed by atoms with Crippen LogP contribution in [-0.4, -0.2) is 48.9 Å². The molecule has 3 aliphatic carbocycles. The Bertz CT molecular complexity index is 459. The van der Waals surface area contributed by atoms with Crippen molar-refractivity contribution in [2.24, 2.45) is 10.8 Å². The van der Waals surface area contributed by atoms with Crippen molar-refractivity contribution >= 4 is 11.9 Å². The lowest BCUT2D eigenvalue weighted by Gasteiger charge is -2.50. The first kappa shape index (κ1) is 16.7. The van der Waals surface area contributed by atoms with Crippen molar-refractivity contribution in [3.8, 4) is 0 Å². The maximum atomic E-state index is 12.7. The molecule has 3 saturated carbocycles. The van der Waals surface area contributed by atoms with Gasteiger partial charge in [-0.2, -0.15) is 0 Å². The first-order valence-corrected chi connectivity index (χ1v) is 8.63. The van der Waals surface area contributed by atoms with Gasteiger partial charge in [-0.3, -0.25) is 9.59 Å². The molecule has 6 heteroatoms. The Hall–Kier alpha value is -1.14. The fourth-order valence-electron chi connectivity index (χ4n) is 4.30. The van der Waals surface area contributed by atoms with Crippen LogP contribution in [0.15, 0.2) is 0 Å². The second-order valence-corrected chi connectivity index (χ2v) is 7.72. The van der Waals surface area contributed by atoms with Crippen LogP contribution in [0.2, 0.25) is 0 Å². The lowest BCUT2D eigenvalue weighted by Crippen LogP contribution is -2.53. The molecule has 4 rings (SSSR count). The molecule has 0 aromatic rings. The molecule has 1 amide bonds. The molecule has 0 aromatic heterocycles. The number of amides is 1. The van der Waals surface area contributed by atoms with Crippen LogP contribution in [0.5, 0.6) is 0 Å². The summed E-state index contributed by atoms with van der Waals surface area (Å²) in [5.41, 5.74) is -1.23. The number of aliphatic carboxylic acids is 1. The summed E-state index contributed by atoms with van der Waals surface area (Å²) >= 11 is 0. The van der Waals surface area contributed by atoms with Crippen LogP contribution in [0.4, 0.5) is 0 Å². The zero-order chi connectivity index (χ0) is 16.6. The summed E-state index contributed by atoms with van der Waals surface area (Å²) in [6.45, 7) is 4.39. The van der Waals surface area contributed by atoms with E-state index in [9.17, 15) is 14.7 Å². The van der Waals surface area contributed by atoms with Gasteiger partial charge in [-0.15, -0.1) is 0 Å². The standard InChI is InChI=1S/C17H27NO5/c1-15(12-22-10-11-23-15)8-9-18-13(19)16-2-5-17(6-3-16,7-4-16)14(20)21/h2-12H2,1H3,(H,18,19)(H,20,21). The maximum absolute atomic E-state index is 12.7. The SMILES string of the molecule is CC1(CCNC(=O)C23CCC(C(=O)O)(CC2)CC3)COCCO1. The average molecular weight is 325 g/mol. The van der Waals surface area contributed by atoms with Gasteiger partial charge >= 0.3 is 5.97 Å². The van der Waals surface area contributed by atoms with E-state index in [1.165, 1.54) is 0 Å². The number of hydrogen-bond donors (Lipinski definition) is 2. The van der Waals surface area contributed by atoms with Gasteiger partial charge in [0.1, 0.15) is 0 Å². The van der Waals surface area contributed by atoms with Crippen molar-refractivity contribution in [3.05, 3.63) is 0 Å². The number of rotatable bonds is 5. The summed E-state index contributed by atoms with van der Waals surface area (Å²) in [5.74, 6) is -0.593. The number of carboxylic acid groups (broad SMARTS) is 1. The molecule has 1 unspecified atom stereocenters. The van der Waals surface area contributed by atoms with Gasteiger partial charge < -0.3 is 19.9 Å². The highest BCUT2D eigenvalue weighted by atomic mass is 16.6. The quantitative estimate of drug-likeness (QED) is 0.804. The predicted molar refractivity (Wildman–Crippen MR) is 83.0 cm³/mol.